The van der Waals surface area contributed by atoms with Gasteiger partial charge in [-0.3, -0.25) is 4.79 Å². The molecule has 0 radical (unpaired) electrons. The molecule has 0 aromatic heterocycles. The molecule has 0 aliphatic carbocycles. The maximum absolute atomic E-state index is 10.3. The van der Waals surface area contributed by atoms with Gasteiger partial charge in [-0.15, -0.1) is 0 Å². The van der Waals surface area contributed by atoms with Gasteiger partial charge in [0.15, 0.2) is 0 Å². The van der Waals surface area contributed by atoms with Crippen LogP contribution in [0.4, 0.5) is 0 Å². The number of hydrogen-bond donors (Lipinski definition) is 1. The average Bonchev–Trinajstić information content (AvgIpc) is 2.67. The van der Waals surface area contributed by atoms with Crippen molar-refractivity contribution in [2.45, 2.75) is 96.8 Å². The summed E-state index contributed by atoms with van der Waals surface area (Å²) in [7, 11) is 0. The molecule has 28 heavy (non-hydrogen) atoms. The van der Waals surface area contributed by atoms with Crippen LogP contribution in [-0.2, 0) is 4.79 Å². The summed E-state index contributed by atoms with van der Waals surface area (Å²) in [6.07, 6.45) is 21.2. The van der Waals surface area contributed by atoms with Gasteiger partial charge in [0, 0.05) is 6.42 Å². The number of unbranched alkanes of at least 4 members (excludes halogenated alkanes) is 11. The Morgan fingerprint density at radius 1 is 0.786 bits per heavy atom. The fourth-order valence-corrected chi connectivity index (χ4v) is 3.06. The Morgan fingerprint density at radius 2 is 1.21 bits per heavy atom. The van der Waals surface area contributed by atoms with Crippen LogP contribution in [0.3, 0.4) is 0 Å². The highest BCUT2D eigenvalue weighted by atomic mass is 35.5. The van der Waals surface area contributed by atoms with Gasteiger partial charge in [-0.1, -0.05) is 106 Å². The molecular weight excluding hydrogens is 391 g/mol. The second kappa shape index (κ2) is 20.7. The number of halogens is 2. The molecule has 0 saturated carbocycles. The van der Waals surface area contributed by atoms with E-state index in [2.05, 4.69) is 19.1 Å². The Labute approximate surface area is 182 Å². The Kier molecular flexibility index (Phi) is 20.0. The molecule has 160 valence electrons. The van der Waals surface area contributed by atoms with Crippen molar-refractivity contribution < 1.29 is 9.90 Å². The number of allylic oxidation sites excluding steroid dienone is 2. The molecule has 1 aromatic carbocycles. The van der Waals surface area contributed by atoms with Crippen molar-refractivity contribution in [3.8, 4) is 0 Å². The number of hydrogen-bond acceptors (Lipinski definition) is 1. The highest BCUT2D eigenvalue weighted by Crippen LogP contribution is 2.19. The smallest absolute Gasteiger partial charge is 0.303 e. The highest BCUT2D eigenvalue weighted by Gasteiger charge is 1.96. The fraction of sp³-hybridized carbons (Fsp3) is 0.625. The summed E-state index contributed by atoms with van der Waals surface area (Å²) in [6, 6.07) is 7.19. The number of carbonyl (C=O) groups is 1. The minimum atomic E-state index is -0.664. The monoisotopic (exact) mass is 428 g/mol. The summed E-state index contributed by atoms with van der Waals surface area (Å²) in [5.74, 6) is -0.664. The average molecular weight is 429 g/mol. The number of carboxylic acids is 1. The number of benzene rings is 1. The molecule has 4 heteroatoms. The van der Waals surface area contributed by atoms with E-state index < -0.39 is 5.97 Å². The van der Waals surface area contributed by atoms with E-state index in [1.54, 1.807) is 12.1 Å². The van der Waals surface area contributed by atoms with Gasteiger partial charge >= 0.3 is 5.97 Å². The van der Waals surface area contributed by atoms with Crippen LogP contribution in [0, 0.1) is 0 Å². The lowest BCUT2D eigenvalue weighted by Gasteiger charge is -1.99. The Hall–Kier alpha value is -0.990. The van der Waals surface area contributed by atoms with Crippen molar-refractivity contribution in [2.24, 2.45) is 0 Å². The highest BCUT2D eigenvalue weighted by molar-refractivity contribution is 6.41. The van der Waals surface area contributed by atoms with Gasteiger partial charge in [-0.2, -0.15) is 0 Å². The zero-order valence-corrected chi connectivity index (χ0v) is 19.0. The summed E-state index contributed by atoms with van der Waals surface area (Å²) in [5.41, 5.74) is 0. The van der Waals surface area contributed by atoms with Crippen molar-refractivity contribution in [3.63, 3.8) is 0 Å². The first-order valence-electron chi connectivity index (χ1n) is 10.8. The van der Waals surface area contributed by atoms with Crippen LogP contribution < -0.4 is 0 Å². The van der Waals surface area contributed by atoms with Crippen LogP contribution in [0.25, 0.3) is 0 Å². The van der Waals surface area contributed by atoms with Gasteiger partial charge in [0.2, 0.25) is 0 Å². The van der Waals surface area contributed by atoms with Gasteiger partial charge in [0.25, 0.3) is 0 Å². The summed E-state index contributed by atoms with van der Waals surface area (Å²) < 4.78 is 0. The lowest BCUT2D eigenvalue weighted by Crippen LogP contribution is -1.93. The molecule has 2 nitrogen and oxygen atoms in total. The minimum absolute atomic E-state index is 0.332. The Morgan fingerprint density at radius 3 is 1.64 bits per heavy atom. The summed E-state index contributed by atoms with van der Waals surface area (Å²) in [5, 5.41) is 9.72. The summed E-state index contributed by atoms with van der Waals surface area (Å²) >= 11 is 11.2. The van der Waals surface area contributed by atoms with E-state index in [1.807, 2.05) is 12.1 Å². The summed E-state index contributed by atoms with van der Waals surface area (Å²) in [6.45, 7) is 2.26. The molecule has 0 unspecified atom stereocenters. The topological polar surface area (TPSA) is 37.3 Å². The SMILES string of the molecule is CCCCCCCC/C=C\CCCCCCCC(=O)O.Clc1ccccc1Cl. The van der Waals surface area contributed by atoms with Crippen LogP contribution in [0.15, 0.2) is 36.4 Å². The molecule has 1 rings (SSSR count). The molecule has 1 N–H and O–H groups in total. The normalized spacial score (nSPS) is 10.7. The second-order valence-electron chi connectivity index (χ2n) is 7.14. The van der Waals surface area contributed by atoms with Gasteiger partial charge < -0.3 is 5.11 Å². The third kappa shape index (κ3) is 19.8. The van der Waals surface area contributed by atoms with E-state index in [0.717, 1.165) is 12.8 Å². The van der Waals surface area contributed by atoms with E-state index >= 15 is 0 Å². The molecular formula is C24H38Cl2O2. The Balaban J connectivity index is 0.000000749. The number of carboxylic acid groups (broad SMARTS) is 1. The summed E-state index contributed by atoms with van der Waals surface area (Å²) in [4.78, 5) is 10.3. The van der Waals surface area contributed by atoms with Gasteiger partial charge in [-0.05, 0) is 44.2 Å². The molecule has 0 atom stereocenters. The van der Waals surface area contributed by atoms with Crippen molar-refractivity contribution in [2.75, 3.05) is 0 Å². The van der Waals surface area contributed by atoms with Crippen molar-refractivity contribution in [1.82, 2.24) is 0 Å². The number of aliphatic carboxylic acids is 1. The quantitative estimate of drug-likeness (QED) is 0.223. The fourth-order valence-electron chi connectivity index (χ4n) is 2.79. The second-order valence-corrected chi connectivity index (χ2v) is 7.96. The lowest BCUT2D eigenvalue weighted by molar-refractivity contribution is -0.137. The Bertz CT molecular complexity index is 494. The minimum Gasteiger partial charge on any atom is -0.481 e. The first kappa shape index (κ1) is 27.0. The van der Waals surface area contributed by atoms with Crippen LogP contribution >= 0.6 is 23.2 Å². The van der Waals surface area contributed by atoms with Gasteiger partial charge in [0.05, 0.1) is 10.0 Å². The van der Waals surface area contributed by atoms with Crippen molar-refractivity contribution in [1.29, 1.82) is 0 Å². The first-order chi connectivity index (χ1) is 13.6. The third-order valence-corrected chi connectivity index (χ3v) is 5.23. The molecule has 0 bridgehead atoms. The van der Waals surface area contributed by atoms with Crippen LogP contribution in [0.1, 0.15) is 96.8 Å². The molecule has 0 amide bonds. The molecule has 0 heterocycles. The standard InChI is InChI=1S/C18H34O2.C6H4Cl2/c1-2-3-4-5-6-7-8-9-10-11-12-13-14-15-16-17-18(19)20;7-5-3-1-2-4-6(5)8/h9-10H,2-8,11-17H2,1H3,(H,19,20);1-4H/b10-9-;. The zero-order valence-electron chi connectivity index (χ0n) is 17.5. The van der Waals surface area contributed by atoms with E-state index in [1.165, 1.54) is 70.6 Å². The molecule has 0 aliphatic rings. The largest absolute Gasteiger partial charge is 0.481 e. The maximum Gasteiger partial charge on any atom is 0.303 e. The predicted molar refractivity (Wildman–Crippen MR) is 124 cm³/mol. The van der Waals surface area contributed by atoms with Gasteiger partial charge in [0.1, 0.15) is 0 Å². The van der Waals surface area contributed by atoms with Crippen molar-refractivity contribution in [3.05, 3.63) is 46.5 Å². The van der Waals surface area contributed by atoms with Crippen molar-refractivity contribution >= 4 is 29.2 Å². The molecule has 0 aliphatic heterocycles. The first-order valence-corrected chi connectivity index (χ1v) is 11.6. The number of rotatable bonds is 15. The molecule has 0 spiro atoms. The van der Waals surface area contributed by atoms with Gasteiger partial charge in [-0.25, -0.2) is 0 Å². The molecule has 0 saturated heterocycles. The van der Waals surface area contributed by atoms with Crippen LogP contribution in [0.5, 0.6) is 0 Å². The van der Waals surface area contributed by atoms with E-state index in [9.17, 15) is 4.79 Å². The maximum atomic E-state index is 10.3. The molecule has 1 aromatic rings. The van der Waals surface area contributed by atoms with Crippen LogP contribution in [-0.4, -0.2) is 11.1 Å². The van der Waals surface area contributed by atoms with Crippen LogP contribution in [0.2, 0.25) is 10.0 Å². The lowest BCUT2D eigenvalue weighted by atomic mass is 10.1. The van der Waals surface area contributed by atoms with E-state index in [4.69, 9.17) is 28.3 Å². The molecule has 0 fully saturated rings. The zero-order chi connectivity index (χ0) is 20.9. The van der Waals surface area contributed by atoms with E-state index in [-0.39, 0.29) is 0 Å². The predicted octanol–water partition coefficient (Wildman–Crippen LogP) is 9.10. The van der Waals surface area contributed by atoms with E-state index in [0.29, 0.717) is 16.5 Å². The third-order valence-electron chi connectivity index (χ3n) is 4.48.